The quantitative estimate of drug-likeness (QED) is 0.0373. The number of hydrogen-bond acceptors (Lipinski definition) is 5. The van der Waals surface area contributed by atoms with Crippen molar-refractivity contribution < 1.29 is 24.2 Å². The Kier molecular flexibility index (Phi) is 64.9. The molecule has 0 aromatic rings. The van der Waals surface area contributed by atoms with Gasteiger partial charge in [0.1, 0.15) is 6.61 Å². The van der Waals surface area contributed by atoms with Crippen LogP contribution in [0, 0.1) is 0 Å². The van der Waals surface area contributed by atoms with E-state index in [0.29, 0.717) is 19.3 Å². The molecule has 0 heterocycles. The van der Waals surface area contributed by atoms with Crippen molar-refractivity contribution in [1.82, 2.24) is 0 Å². The molecule has 80 heavy (non-hydrogen) atoms. The summed E-state index contributed by atoms with van der Waals surface area (Å²) in [6.07, 6.45) is 105. The third-order valence-corrected chi connectivity index (χ3v) is 13.8. The Labute approximate surface area is 494 Å². The van der Waals surface area contributed by atoms with Crippen molar-refractivity contribution in [3.05, 3.63) is 158 Å². The molecule has 0 saturated heterocycles. The standard InChI is InChI=1S/C75H122O5/c1-3-5-7-9-11-13-15-17-19-21-23-25-27-29-31-32-33-34-35-36-37-38-39-40-41-42-44-46-48-50-52-54-56-58-60-62-64-66-68-70-75(78)80-73(71-76)72-79-74(77)69-67-65-63-61-59-57-55-53-51-49-47-45-43-30-28-26-24-22-20-18-16-14-12-10-8-6-4-2/h5,7,11,13,17,19,22-25,29,31,33-34,36-37,39-40,42,44,48,50,54,56,60,62,73,76H,3-4,6,8-10,12,14-16,18,20-21,26-28,30,32,35,38,41,43,45-47,49,51-53,55,57-59,61,63-72H2,1-2H3/b7-5-,13-11-,19-17-,24-22-,25-23-,31-29-,34-33-,37-36-,40-39-,44-42-,50-48-,56-54-,62-60-. The van der Waals surface area contributed by atoms with Crippen molar-refractivity contribution in [3.63, 3.8) is 0 Å². The van der Waals surface area contributed by atoms with E-state index in [4.69, 9.17) is 9.47 Å². The molecular weight excluding hydrogens is 981 g/mol. The summed E-state index contributed by atoms with van der Waals surface area (Å²) in [7, 11) is 0. The highest BCUT2D eigenvalue weighted by Crippen LogP contribution is 2.16. The molecule has 5 nitrogen and oxygen atoms in total. The van der Waals surface area contributed by atoms with Crippen LogP contribution in [0.15, 0.2) is 158 Å². The normalized spacial score (nSPS) is 13.3. The highest BCUT2D eigenvalue weighted by atomic mass is 16.6. The minimum absolute atomic E-state index is 0.0912. The van der Waals surface area contributed by atoms with Crippen molar-refractivity contribution in [3.8, 4) is 0 Å². The van der Waals surface area contributed by atoms with Crippen LogP contribution in [0.4, 0.5) is 0 Å². The maximum atomic E-state index is 12.3. The van der Waals surface area contributed by atoms with Gasteiger partial charge in [-0.15, -0.1) is 0 Å². The van der Waals surface area contributed by atoms with Gasteiger partial charge in [-0.3, -0.25) is 9.59 Å². The smallest absolute Gasteiger partial charge is 0.306 e. The number of aliphatic hydroxyl groups excluding tert-OH is 1. The predicted molar refractivity (Wildman–Crippen MR) is 352 cm³/mol. The maximum Gasteiger partial charge on any atom is 0.306 e. The second kappa shape index (κ2) is 68.8. The number of aliphatic hydroxyl groups is 1. The summed E-state index contributed by atoms with van der Waals surface area (Å²) in [6, 6.07) is 0. The zero-order chi connectivity index (χ0) is 57.6. The zero-order valence-corrected chi connectivity index (χ0v) is 51.8. The van der Waals surface area contributed by atoms with Crippen molar-refractivity contribution in [2.75, 3.05) is 13.2 Å². The average molecular weight is 1100 g/mol. The number of rotatable bonds is 59. The number of carbonyl (C=O) groups is 2. The van der Waals surface area contributed by atoms with E-state index < -0.39 is 6.10 Å². The van der Waals surface area contributed by atoms with Crippen LogP contribution in [0.1, 0.15) is 284 Å². The fraction of sp³-hybridized carbons (Fsp3) is 0.627. The molecule has 1 unspecified atom stereocenters. The Morgan fingerprint density at radius 3 is 0.850 bits per heavy atom. The van der Waals surface area contributed by atoms with Gasteiger partial charge in [-0.05, 0) is 128 Å². The van der Waals surface area contributed by atoms with Crippen LogP contribution in [0.2, 0.25) is 0 Å². The van der Waals surface area contributed by atoms with Crippen LogP contribution in [0.5, 0.6) is 0 Å². The Bertz CT molecular complexity index is 1730. The summed E-state index contributed by atoms with van der Waals surface area (Å²) >= 11 is 0. The van der Waals surface area contributed by atoms with Crippen molar-refractivity contribution >= 4 is 11.9 Å². The molecule has 0 radical (unpaired) electrons. The Morgan fingerprint density at radius 1 is 0.300 bits per heavy atom. The van der Waals surface area contributed by atoms with Crippen LogP contribution in [0.3, 0.4) is 0 Å². The molecule has 1 N–H and O–H groups in total. The first-order valence-electron chi connectivity index (χ1n) is 33.0. The van der Waals surface area contributed by atoms with Crippen LogP contribution < -0.4 is 0 Å². The number of allylic oxidation sites excluding steroid dienone is 26. The van der Waals surface area contributed by atoms with Gasteiger partial charge in [0.2, 0.25) is 0 Å². The first kappa shape index (κ1) is 75.5. The Morgan fingerprint density at radius 2 is 0.537 bits per heavy atom. The first-order chi connectivity index (χ1) is 39.6. The van der Waals surface area contributed by atoms with Gasteiger partial charge in [-0.25, -0.2) is 0 Å². The minimum Gasteiger partial charge on any atom is -0.462 e. The van der Waals surface area contributed by atoms with Crippen LogP contribution in [-0.4, -0.2) is 36.4 Å². The lowest BCUT2D eigenvalue weighted by atomic mass is 10.0. The molecule has 0 aliphatic rings. The summed E-state index contributed by atoms with van der Waals surface area (Å²) < 4.78 is 10.7. The van der Waals surface area contributed by atoms with Crippen LogP contribution in [0.25, 0.3) is 0 Å². The molecule has 0 saturated carbocycles. The summed E-state index contributed by atoms with van der Waals surface area (Å²) in [5, 5.41) is 9.68. The Balaban J connectivity index is 3.64. The SMILES string of the molecule is CC/C=C\C/C=C\C/C=C\C/C=C\C/C=C\C/C=C\C/C=C\C/C=C\C/C=C\C/C=C\C/C=C\C/C=C\CCCCC(=O)OC(CO)COC(=O)CCCCCCCCCCCCCCCCC/C=C\CCCCCCCCCC. The molecule has 0 aromatic heterocycles. The molecule has 0 amide bonds. The topological polar surface area (TPSA) is 72.8 Å². The summed E-state index contributed by atoms with van der Waals surface area (Å²) in [6.45, 7) is 4.00. The fourth-order valence-electron chi connectivity index (χ4n) is 8.89. The lowest BCUT2D eigenvalue weighted by molar-refractivity contribution is -0.161. The van der Waals surface area contributed by atoms with Gasteiger partial charge in [-0.2, -0.15) is 0 Å². The van der Waals surface area contributed by atoms with Crippen LogP contribution >= 0.6 is 0 Å². The molecular formula is C75H122O5. The van der Waals surface area contributed by atoms with Crippen molar-refractivity contribution in [2.24, 2.45) is 0 Å². The maximum absolute atomic E-state index is 12.3. The second-order valence-electron chi connectivity index (χ2n) is 21.5. The molecule has 0 aliphatic heterocycles. The molecule has 0 bridgehead atoms. The minimum atomic E-state index is -0.807. The van der Waals surface area contributed by atoms with E-state index in [-0.39, 0.29) is 25.2 Å². The molecule has 1 atom stereocenters. The third kappa shape index (κ3) is 66.0. The number of ether oxygens (including phenoxy) is 2. The van der Waals surface area contributed by atoms with Gasteiger partial charge in [-0.1, -0.05) is 300 Å². The molecule has 452 valence electrons. The van der Waals surface area contributed by atoms with E-state index in [1.807, 2.05) is 0 Å². The van der Waals surface area contributed by atoms with Gasteiger partial charge in [0.25, 0.3) is 0 Å². The largest absolute Gasteiger partial charge is 0.462 e. The molecule has 0 spiro atoms. The molecule has 0 aliphatic carbocycles. The summed E-state index contributed by atoms with van der Waals surface area (Å²) in [5.74, 6) is -0.645. The van der Waals surface area contributed by atoms with E-state index in [2.05, 4.69) is 172 Å². The highest BCUT2D eigenvalue weighted by molar-refractivity contribution is 5.70. The van der Waals surface area contributed by atoms with E-state index in [9.17, 15) is 14.7 Å². The third-order valence-electron chi connectivity index (χ3n) is 13.8. The van der Waals surface area contributed by atoms with Gasteiger partial charge in [0, 0.05) is 12.8 Å². The van der Waals surface area contributed by atoms with Crippen molar-refractivity contribution in [2.45, 2.75) is 290 Å². The van der Waals surface area contributed by atoms with Gasteiger partial charge in [0.15, 0.2) is 6.10 Å². The van der Waals surface area contributed by atoms with Gasteiger partial charge in [0.05, 0.1) is 6.61 Å². The molecule has 0 aromatic carbocycles. The molecule has 0 fully saturated rings. The van der Waals surface area contributed by atoms with E-state index in [0.717, 1.165) is 109 Å². The number of unbranched alkanes of at least 4 members (excludes halogenated alkanes) is 25. The predicted octanol–water partition coefficient (Wildman–Crippen LogP) is 23.1. The van der Waals surface area contributed by atoms with Gasteiger partial charge < -0.3 is 14.6 Å². The summed E-state index contributed by atoms with van der Waals surface area (Å²) in [5.41, 5.74) is 0. The number of hydrogen-bond donors (Lipinski definition) is 1. The second-order valence-corrected chi connectivity index (χ2v) is 21.5. The Hall–Kier alpha value is -4.48. The van der Waals surface area contributed by atoms with Crippen LogP contribution in [-0.2, 0) is 19.1 Å². The number of esters is 2. The van der Waals surface area contributed by atoms with Gasteiger partial charge >= 0.3 is 11.9 Å². The summed E-state index contributed by atoms with van der Waals surface area (Å²) in [4.78, 5) is 24.6. The molecule has 0 rings (SSSR count). The van der Waals surface area contributed by atoms with Crippen molar-refractivity contribution in [1.29, 1.82) is 0 Å². The lowest BCUT2D eigenvalue weighted by Gasteiger charge is -2.15. The highest BCUT2D eigenvalue weighted by Gasteiger charge is 2.16. The van der Waals surface area contributed by atoms with E-state index >= 15 is 0 Å². The molecule has 5 heteroatoms. The zero-order valence-electron chi connectivity index (χ0n) is 51.8. The fourth-order valence-corrected chi connectivity index (χ4v) is 8.89. The monoisotopic (exact) mass is 1100 g/mol. The number of carbonyl (C=O) groups excluding carboxylic acids is 2. The average Bonchev–Trinajstić information content (AvgIpc) is 3.46. The first-order valence-corrected chi connectivity index (χ1v) is 33.0. The van der Waals surface area contributed by atoms with E-state index in [1.54, 1.807) is 0 Å². The van der Waals surface area contributed by atoms with E-state index in [1.165, 1.54) is 141 Å². The lowest BCUT2D eigenvalue weighted by Crippen LogP contribution is -2.28.